The zero-order valence-corrected chi connectivity index (χ0v) is 17.1. The van der Waals surface area contributed by atoms with Crippen molar-refractivity contribution in [2.45, 2.75) is 12.8 Å². The van der Waals surface area contributed by atoms with Gasteiger partial charge in [-0.15, -0.1) is 0 Å². The summed E-state index contributed by atoms with van der Waals surface area (Å²) in [6.07, 6.45) is 8.83. The normalized spacial score (nSPS) is 10.9. The monoisotopic (exact) mass is 435 g/mol. The topological polar surface area (TPSA) is 39.2 Å². The van der Waals surface area contributed by atoms with Crippen LogP contribution in [0.4, 0.5) is 0 Å². The van der Waals surface area contributed by atoms with Gasteiger partial charge in [-0.25, -0.2) is 0 Å². The lowest BCUT2D eigenvalue weighted by molar-refractivity contribution is 0.104. The van der Waals surface area contributed by atoms with E-state index in [0.717, 1.165) is 47.2 Å². The van der Waals surface area contributed by atoms with E-state index in [1.54, 1.807) is 30.6 Å². The number of halogens is 1. The Morgan fingerprint density at radius 2 is 1.54 bits per heavy atom. The number of hydrogen-bond donors (Lipinski definition) is 0. The zero-order valence-electron chi connectivity index (χ0n) is 15.6. The van der Waals surface area contributed by atoms with Gasteiger partial charge in [0, 0.05) is 23.3 Å². The first-order valence-electron chi connectivity index (χ1n) is 9.28. The first kappa shape index (κ1) is 20.0. The highest BCUT2D eigenvalue weighted by atomic mass is 79.9. The van der Waals surface area contributed by atoms with E-state index in [4.69, 9.17) is 4.74 Å². The fourth-order valence-electron chi connectivity index (χ4n) is 2.70. The number of carbonyl (C=O) groups excluding carboxylic acids is 1. The maximum atomic E-state index is 12.1. The van der Waals surface area contributed by atoms with Crippen LogP contribution in [0.2, 0.25) is 0 Å². The molecule has 0 fully saturated rings. The smallest absolute Gasteiger partial charge is 0.185 e. The van der Waals surface area contributed by atoms with Crippen molar-refractivity contribution in [3.63, 3.8) is 0 Å². The van der Waals surface area contributed by atoms with Crippen LogP contribution in [0.15, 0.2) is 79.1 Å². The molecule has 1 aromatic heterocycles. The standard InChI is InChI=1S/C24H22BrNO2/c25-15-1-2-18-28-23-10-8-21(9-11-23)20-6-3-19(4-7-20)5-12-24(27)22-13-16-26-17-14-22/h3-14,16-17H,1-2,15,18H2/b12-5+. The van der Waals surface area contributed by atoms with E-state index in [0.29, 0.717) is 5.56 Å². The minimum atomic E-state index is -0.0294. The van der Waals surface area contributed by atoms with Crippen LogP contribution in [0, 0.1) is 0 Å². The van der Waals surface area contributed by atoms with Crippen molar-refractivity contribution >= 4 is 27.8 Å². The molecule has 28 heavy (non-hydrogen) atoms. The molecule has 4 heteroatoms. The quantitative estimate of drug-likeness (QED) is 0.174. The molecule has 0 saturated heterocycles. The van der Waals surface area contributed by atoms with Crippen LogP contribution in [-0.2, 0) is 0 Å². The number of pyridine rings is 1. The number of hydrogen-bond acceptors (Lipinski definition) is 3. The summed E-state index contributed by atoms with van der Waals surface area (Å²) in [6.45, 7) is 0.740. The summed E-state index contributed by atoms with van der Waals surface area (Å²) < 4.78 is 5.74. The van der Waals surface area contributed by atoms with E-state index in [1.165, 1.54) is 0 Å². The summed E-state index contributed by atoms with van der Waals surface area (Å²) in [6, 6.07) is 19.7. The summed E-state index contributed by atoms with van der Waals surface area (Å²) in [5.74, 6) is 0.866. The lowest BCUT2D eigenvalue weighted by atomic mass is 10.0. The summed E-state index contributed by atoms with van der Waals surface area (Å²) in [7, 11) is 0. The molecule has 0 amide bonds. The Bertz CT molecular complexity index is 904. The van der Waals surface area contributed by atoms with Crippen molar-refractivity contribution in [2.75, 3.05) is 11.9 Å². The largest absolute Gasteiger partial charge is 0.494 e. The van der Waals surface area contributed by atoms with Crippen molar-refractivity contribution in [1.29, 1.82) is 0 Å². The van der Waals surface area contributed by atoms with Crippen molar-refractivity contribution in [3.8, 4) is 16.9 Å². The summed E-state index contributed by atoms with van der Waals surface area (Å²) in [5, 5.41) is 1.01. The number of aromatic nitrogens is 1. The Morgan fingerprint density at radius 3 is 2.18 bits per heavy atom. The highest BCUT2D eigenvalue weighted by molar-refractivity contribution is 9.09. The van der Waals surface area contributed by atoms with E-state index in [2.05, 4.69) is 45.2 Å². The number of ether oxygens (including phenoxy) is 1. The molecule has 0 aliphatic rings. The molecule has 0 saturated carbocycles. The van der Waals surface area contributed by atoms with Gasteiger partial charge in [0.1, 0.15) is 5.75 Å². The van der Waals surface area contributed by atoms with Gasteiger partial charge in [-0.3, -0.25) is 9.78 Å². The molecule has 0 N–H and O–H groups in total. The van der Waals surface area contributed by atoms with Gasteiger partial charge < -0.3 is 4.74 Å². The number of benzene rings is 2. The molecule has 3 rings (SSSR count). The van der Waals surface area contributed by atoms with E-state index in [-0.39, 0.29) is 5.78 Å². The van der Waals surface area contributed by atoms with Gasteiger partial charge in [-0.2, -0.15) is 0 Å². The Balaban J connectivity index is 1.59. The number of alkyl halides is 1. The van der Waals surface area contributed by atoms with Crippen LogP contribution in [0.1, 0.15) is 28.8 Å². The minimum Gasteiger partial charge on any atom is -0.494 e. The van der Waals surface area contributed by atoms with Crippen molar-refractivity contribution in [2.24, 2.45) is 0 Å². The second-order valence-corrected chi connectivity index (χ2v) is 7.12. The van der Waals surface area contributed by atoms with Crippen LogP contribution in [0.3, 0.4) is 0 Å². The predicted octanol–water partition coefficient (Wildman–Crippen LogP) is 6.20. The maximum absolute atomic E-state index is 12.1. The second kappa shape index (κ2) is 10.6. The molecule has 0 aliphatic heterocycles. The molecule has 3 nitrogen and oxygen atoms in total. The van der Waals surface area contributed by atoms with Gasteiger partial charge >= 0.3 is 0 Å². The van der Waals surface area contributed by atoms with Gasteiger partial charge in [-0.05, 0) is 59.9 Å². The van der Waals surface area contributed by atoms with Crippen LogP contribution in [0.25, 0.3) is 17.2 Å². The molecule has 0 unspecified atom stereocenters. The highest BCUT2D eigenvalue weighted by Crippen LogP contribution is 2.23. The predicted molar refractivity (Wildman–Crippen MR) is 118 cm³/mol. The lowest BCUT2D eigenvalue weighted by Crippen LogP contribution is -1.97. The molecule has 0 atom stereocenters. The highest BCUT2D eigenvalue weighted by Gasteiger charge is 2.01. The van der Waals surface area contributed by atoms with Crippen molar-refractivity contribution in [1.82, 2.24) is 4.98 Å². The number of allylic oxidation sites excluding steroid dienone is 1. The molecule has 2 aromatic carbocycles. The third-order valence-electron chi connectivity index (χ3n) is 4.29. The fourth-order valence-corrected chi connectivity index (χ4v) is 3.10. The first-order valence-corrected chi connectivity index (χ1v) is 10.4. The summed E-state index contributed by atoms with van der Waals surface area (Å²) in [5.41, 5.74) is 3.88. The average molecular weight is 436 g/mol. The number of nitrogens with zero attached hydrogens (tertiary/aromatic N) is 1. The van der Waals surface area contributed by atoms with Gasteiger partial charge in [0.25, 0.3) is 0 Å². The Hall–Kier alpha value is -2.72. The molecular formula is C24H22BrNO2. The molecule has 0 spiro atoms. The lowest BCUT2D eigenvalue weighted by Gasteiger charge is -2.07. The average Bonchev–Trinajstić information content (AvgIpc) is 2.76. The van der Waals surface area contributed by atoms with E-state index in [1.807, 2.05) is 30.3 Å². The number of carbonyl (C=O) groups is 1. The van der Waals surface area contributed by atoms with Crippen LogP contribution in [-0.4, -0.2) is 22.7 Å². The van der Waals surface area contributed by atoms with E-state index < -0.39 is 0 Å². The zero-order chi connectivity index (χ0) is 19.6. The van der Waals surface area contributed by atoms with E-state index in [9.17, 15) is 4.79 Å². The van der Waals surface area contributed by atoms with Gasteiger partial charge in [0.15, 0.2) is 5.78 Å². The SMILES string of the molecule is O=C(/C=C/c1ccc(-c2ccc(OCCCCBr)cc2)cc1)c1ccncc1. The number of unbranched alkanes of at least 4 members (excludes halogenated alkanes) is 1. The third-order valence-corrected chi connectivity index (χ3v) is 4.85. The molecule has 0 radical (unpaired) electrons. The Kier molecular flexibility index (Phi) is 7.56. The molecular weight excluding hydrogens is 414 g/mol. The number of rotatable bonds is 9. The fraction of sp³-hybridized carbons (Fsp3) is 0.167. The Morgan fingerprint density at radius 1 is 0.893 bits per heavy atom. The molecule has 1 heterocycles. The van der Waals surface area contributed by atoms with Gasteiger partial charge in [-0.1, -0.05) is 58.4 Å². The van der Waals surface area contributed by atoms with Crippen LogP contribution in [0.5, 0.6) is 5.75 Å². The van der Waals surface area contributed by atoms with Crippen molar-refractivity contribution in [3.05, 3.63) is 90.3 Å². The molecule has 3 aromatic rings. The molecule has 0 bridgehead atoms. The van der Waals surface area contributed by atoms with Gasteiger partial charge in [0.2, 0.25) is 0 Å². The second-order valence-electron chi connectivity index (χ2n) is 6.32. The number of ketones is 1. The third kappa shape index (κ3) is 5.89. The molecule has 0 aliphatic carbocycles. The van der Waals surface area contributed by atoms with Gasteiger partial charge in [0.05, 0.1) is 6.61 Å². The van der Waals surface area contributed by atoms with Crippen molar-refractivity contribution < 1.29 is 9.53 Å². The molecule has 142 valence electrons. The summed E-state index contributed by atoms with van der Waals surface area (Å²) in [4.78, 5) is 16.0. The first-order chi connectivity index (χ1) is 13.8. The van der Waals surface area contributed by atoms with Crippen LogP contribution < -0.4 is 4.74 Å². The maximum Gasteiger partial charge on any atom is 0.185 e. The van der Waals surface area contributed by atoms with Crippen LogP contribution >= 0.6 is 15.9 Å². The summed E-state index contributed by atoms with van der Waals surface area (Å²) >= 11 is 3.42. The Labute approximate surface area is 174 Å². The minimum absolute atomic E-state index is 0.0294. The van der Waals surface area contributed by atoms with E-state index >= 15 is 0 Å².